The van der Waals surface area contributed by atoms with E-state index in [1.807, 2.05) is 13.0 Å². The van der Waals surface area contributed by atoms with Crippen LogP contribution >= 0.6 is 0 Å². The molecule has 2 atom stereocenters. The standard InChI is InChI=1S/C16H24FNO/c1-3-18-15(11-16-5-4-8-19-16)10-13-9-14(17)7-6-12(13)2/h6-7,9,15-16,18H,3-5,8,10-11H2,1-2H3. The number of likely N-dealkylation sites (N-methyl/N-ethyl adjacent to an activating group) is 1. The van der Waals surface area contributed by atoms with Crippen LogP contribution in [0.2, 0.25) is 0 Å². The highest BCUT2D eigenvalue weighted by Gasteiger charge is 2.21. The van der Waals surface area contributed by atoms with Gasteiger partial charge in [0.2, 0.25) is 0 Å². The van der Waals surface area contributed by atoms with E-state index in [1.54, 1.807) is 6.07 Å². The quantitative estimate of drug-likeness (QED) is 0.852. The Morgan fingerprint density at radius 3 is 3.00 bits per heavy atom. The van der Waals surface area contributed by atoms with Gasteiger partial charge < -0.3 is 10.1 Å². The number of benzene rings is 1. The molecule has 0 amide bonds. The average Bonchev–Trinajstić information content (AvgIpc) is 2.87. The maximum absolute atomic E-state index is 13.3. The first kappa shape index (κ1) is 14.5. The first-order valence-electron chi connectivity index (χ1n) is 7.29. The zero-order valence-corrected chi connectivity index (χ0v) is 11.9. The Hall–Kier alpha value is -0.930. The van der Waals surface area contributed by atoms with Crippen LogP contribution in [0.3, 0.4) is 0 Å². The highest BCUT2D eigenvalue weighted by Crippen LogP contribution is 2.20. The summed E-state index contributed by atoms with van der Waals surface area (Å²) in [6, 6.07) is 5.42. The van der Waals surface area contributed by atoms with Gasteiger partial charge in [0.25, 0.3) is 0 Å². The number of ether oxygens (including phenoxy) is 1. The first-order chi connectivity index (χ1) is 9.19. The van der Waals surface area contributed by atoms with Crippen LogP contribution in [0.4, 0.5) is 4.39 Å². The summed E-state index contributed by atoms with van der Waals surface area (Å²) < 4.78 is 19.1. The lowest BCUT2D eigenvalue weighted by molar-refractivity contribution is 0.0947. The number of aryl methyl sites for hydroxylation is 1. The summed E-state index contributed by atoms with van der Waals surface area (Å²) >= 11 is 0. The van der Waals surface area contributed by atoms with Gasteiger partial charge in [0.05, 0.1) is 6.10 Å². The average molecular weight is 265 g/mol. The SMILES string of the molecule is CCNC(Cc1cc(F)ccc1C)CC1CCCO1. The summed E-state index contributed by atoms with van der Waals surface area (Å²) in [4.78, 5) is 0. The fraction of sp³-hybridized carbons (Fsp3) is 0.625. The van der Waals surface area contributed by atoms with Crippen LogP contribution in [0.1, 0.15) is 37.3 Å². The number of hydrogen-bond acceptors (Lipinski definition) is 2. The molecule has 2 nitrogen and oxygen atoms in total. The Balaban J connectivity index is 2.00. The summed E-state index contributed by atoms with van der Waals surface area (Å²) in [5.74, 6) is -0.145. The molecule has 0 aromatic heterocycles. The summed E-state index contributed by atoms with van der Waals surface area (Å²) in [5.41, 5.74) is 2.26. The molecule has 1 fully saturated rings. The molecule has 1 heterocycles. The van der Waals surface area contributed by atoms with Crippen molar-refractivity contribution < 1.29 is 9.13 Å². The van der Waals surface area contributed by atoms with Gasteiger partial charge in [0, 0.05) is 12.6 Å². The second-order valence-electron chi connectivity index (χ2n) is 5.40. The molecule has 1 aliphatic heterocycles. The summed E-state index contributed by atoms with van der Waals surface area (Å²) in [6.07, 6.45) is 4.59. The first-order valence-corrected chi connectivity index (χ1v) is 7.29. The summed E-state index contributed by atoms with van der Waals surface area (Å²) in [5, 5.41) is 3.50. The zero-order valence-electron chi connectivity index (χ0n) is 11.9. The minimum Gasteiger partial charge on any atom is -0.378 e. The molecule has 0 spiro atoms. The topological polar surface area (TPSA) is 21.3 Å². The molecule has 0 saturated carbocycles. The molecule has 2 unspecified atom stereocenters. The Bertz CT molecular complexity index is 402. The van der Waals surface area contributed by atoms with Crippen molar-refractivity contribution in [2.45, 2.75) is 51.7 Å². The number of halogens is 1. The maximum atomic E-state index is 13.3. The molecule has 2 rings (SSSR count). The molecule has 0 radical (unpaired) electrons. The summed E-state index contributed by atoms with van der Waals surface area (Å²) in [7, 11) is 0. The predicted molar refractivity (Wildman–Crippen MR) is 75.9 cm³/mol. The molecule has 1 aromatic carbocycles. The van der Waals surface area contributed by atoms with E-state index in [9.17, 15) is 4.39 Å². The van der Waals surface area contributed by atoms with Gasteiger partial charge in [0.15, 0.2) is 0 Å². The number of rotatable bonds is 6. The third-order valence-corrected chi connectivity index (χ3v) is 3.84. The molecule has 19 heavy (non-hydrogen) atoms. The Labute approximate surface area is 115 Å². The lowest BCUT2D eigenvalue weighted by Gasteiger charge is -2.22. The second kappa shape index (κ2) is 7.01. The lowest BCUT2D eigenvalue weighted by atomic mass is 9.96. The van der Waals surface area contributed by atoms with Crippen molar-refractivity contribution in [1.82, 2.24) is 5.32 Å². The smallest absolute Gasteiger partial charge is 0.123 e. The van der Waals surface area contributed by atoms with Crippen molar-refractivity contribution in [1.29, 1.82) is 0 Å². The molecule has 1 saturated heterocycles. The second-order valence-corrected chi connectivity index (χ2v) is 5.40. The van der Waals surface area contributed by atoms with Crippen molar-refractivity contribution in [2.75, 3.05) is 13.2 Å². The van der Waals surface area contributed by atoms with Crippen molar-refractivity contribution >= 4 is 0 Å². The van der Waals surface area contributed by atoms with Crippen LogP contribution in [-0.2, 0) is 11.2 Å². The van der Waals surface area contributed by atoms with Crippen LogP contribution in [0.15, 0.2) is 18.2 Å². The predicted octanol–water partition coefficient (Wildman–Crippen LogP) is 3.22. The molecule has 1 N–H and O–H groups in total. The molecule has 0 aliphatic carbocycles. The molecular formula is C16H24FNO. The van der Waals surface area contributed by atoms with E-state index >= 15 is 0 Å². The zero-order chi connectivity index (χ0) is 13.7. The molecule has 0 bridgehead atoms. The van der Waals surface area contributed by atoms with Crippen LogP contribution < -0.4 is 5.32 Å². The van der Waals surface area contributed by atoms with E-state index in [2.05, 4.69) is 12.2 Å². The van der Waals surface area contributed by atoms with Gasteiger partial charge in [-0.2, -0.15) is 0 Å². The largest absolute Gasteiger partial charge is 0.378 e. The van der Waals surface area contributed by atoms with E-state index in [4.69, 9.17) is 4.74 Å². The van der Waals surface area contributed by atoms with Gasteiger partial charge >= 0.3 is 0 Å². The third-order valence-electron chi connectivity index (χ3n) is 3.84. The van der Waals surface area contributed by atoms with Crippen LogP contribution in [0.5, 0.6) is 0 Å². The molecule has 106 valence electrons. The van der Waals surface area contributed by atoms with Gasteiger partial charge in [-0.3, -0.25) is 0 Å². The van der Waals surface area contributed by atoms with Crippen LogP contribution in [0, 0.1) is 12.7 Å². The molecule has 1 aliphatic rings. The summed E-state index contributed by atoms with van der Waals surface area (Å²) in [6.45, 7) is 5.99. The van der Waals surface area contributed by atoms with Crippen molar-refractivity contribution in [3.05, 3.63) is 35.1 Å². The minimum atomic E-state index is -0.145. The lowest BCUT2D eigenvalue weighted by Crippen LogP contribution is -2.34. The van der Waals surface area contributed by atoms with E-state index in [1.165, 1.54) is 12.5 Å². The minimum absolute atomic E-state index is 0.145. The van der Waals surface area contributed by atoms with Gasteiger partial charge in [-0.15, -0.1) is 0 Å². The molecular weight excluding hydrogens is 241 g/mol. The highest BCUT2D eigenvalue weighted by atomic mass is 19.1. The molecule has 1 aromatic rings. The Kier molecular flexibility index (Phi) is 5.34. The molecule has 3 heteroatoms. The highest BCUT2D eigenvalue weighted by molar-refractivity contribution is 5.27. The Morgan fingerprint density at radius 1 is 1.47 bits per heavy atom. The van der Waals surface area contributed by atoms with E-state index < -0.39 is 0 Å². The van der Waals surface area contributed by atoms with Crippen LogP contribution in [0.25, 0.3) is 0 Å². The third kappa shape index (κ3) is 4.29. The number of nitrogens with one attached hydrogen (secondary N) is 1. The monoisotopic (exact) mass is 265 g/mol. The Morgan fingerprint density at radius 2 is 2.32 bits per heavy atom. The van der Waals surface area contributed by atoms with Crippen molar-refractivity contribution in [3.63, 3.8) is 0 Å². The van der Waals surface area contributed by atoms with Crippen LogP contribution in [-0.4, -0.2) is 25.3 Å². The van der Waals surface area contributed by atoms with Gasteiger partial charge in [-0.05, 0) is 62.4 Å². The number of hydrogen-bond donors (Lipinski definition) is 1. The van der Waals surface area contributed by atoms with Gasteiger partial charge in [-0.25, -0.2) is 4.39 Å². The fourth-order valence-electron chi connectivity index (χ4n) is 2.80. The fourth-order valence-corrected chi connectivity index (χ4v) is 2.80. The van der Waals surface area contributed by atoms with Gasteiger partial charge in [0.1, 0.15) is 5.82 Å². The van der Waals surface area contributed by atoms with E-state index in [-0.39, 0.29) is 5.82 Å². The van der Waals surface area contributed by atoms with Crippen molar-refractivity contribution in [2.24, 2.45) is 0 Å². The maximum Gasteiger partial charge on any atom is 0.123 e. The van der Waals surface area contributed by atoms with Gasteiger partial charge in [-0.1, -0.05) is 13.0 Å². The van der Waals surface area contributed by atoms with Crippen molar-refractivity contribution in [3.8, 4) is 0 Å². The normalized spacial score (nSPS) is 20.7. The van der Waals surface area contributed by atoms with E-state index in [0.717, 1.165) is 43.5 Å². The van der Waals surface area contributed by atoms with E-state index in [0.29, 0.717) is 12.1 Å².